The highest BCUT2D eigenvalue weighted by Crippen LogP contribution is 2.30. The summed E-state index contributed by atoms with van der Waals surface area (Å²) < 4.78 is 41.2. The Morgan fingerprint density at radius 1 is 1.09 bits per heavy atom. The van der Waals surface area contributed by atoms with Crippen LogP contribution in [-0.2, 0) is 19.1 Å². The standard InChI is InChI=1S/C23H18F3N3O3S/c24-23(25,26)15-5-1-4-14(12-15)13-29-17-7-2-6-16(22(31)32)20(17)28-19(29)9-10-27-21(30)18-8-3-11-33-18/h1-8,11-12H,9-10,13H2,(H,27,30)(H,31,32). The Bertz CT molecular complexity index is 1310. The summed E-state index contributed by atoms with van der Waals surface area (Å²) in [7, 11) is 0. The summed E-state index contributed by atoms with van der Waals surface area (Å²) in [6, 6.07) is 13.1. The van der Waals surface area contributed by atoms with Crippen LogP contribution in [0.2, 0.25) is 0 Å². The van der Waals surface area contributed by atoms with Gasteiger partial charge in [-0.25, -0.2) is 9.78 Å². The molecule has 0 aliphatic rings. The van der Waals surface area contributed by atoms with Gasteiger partial charge < -0.3 is 15.0 Å². The number of hydrogen-bond donors (Lipinski definition) is 2. The van der Waals surface area contributed by atoms with Crippen LogP contribution in [0, 0.1) is 0 Å². The van der Waals surface area contributed by atoms with E-state index in [1.807, 2.05) is 0 Å². The molecule has 0 radical (unpaired) electrons. The van der Waals surface area contributed by atoms with Gasteiger partial charge >= 0.3 is 12.1 Å². The Labute approximate surface area is 190 Å². The summed E-state index contributed by atoms with van der Waals surface area (Å²) in [6.07, 6.45) is -4.21. The number of nitrogens with zero attached hydrogens (tertiary/aromatic N) is 2. The first-order chi connectivity index (χ1) is 15.7. The van der Waals surface area contributed by atoms with Crippen LogP contribution in [0.15, 0.2) is 60.0 Å². The number of carboxylic acids is 1. The van der Waals surface area contributed by atoms with Crippen molar-refractivity contribution < 1.29 is 27.9 Å². The number of aromatic carboxylic acids is 1. The molecule has 2 aromatic heterocycles. The van der Waals surface area contributed by atoms with E-state index in [2.05, 4.69) is 10.3 Å². The van der Waals surface area contributed by atoms with Gasteiger partial charge in [0.2, 0.25) is 0 Å². The van der Waals surface area contributed by atoms with Crippen molar-refractivity contribution in [3.8, 4) is 0 Å². The molecule has 2 aromatic carbocycles. The highest BCUT2D eigenvalue weighted by Gasteiger charge is 2.30. The number of benzene rings is 2. The first kappa shape index (κ1) is 22.5. The summed E-state index contributed by atoms with van der Waals surface area (Å²) in [4.78, 5) is 28.9. The number of aromatic nitrogens is 2. The van der Waals surface area contributed by atoms with E-state index in [0.717, 1.165) is 12.1 Å². The summed E-state index contributed by atoms with van der Waals surface area (Å²) in [6.45, 7) is 0.294. The molecule has 1 amide bonds. The van der Waals surface area contributed by atoms with Gasteiger partial charge in [0, 0.05) is 19.5 Å². The van der Waals surface area contributed by atoms with Crippen molar-refractivity contribution in [3.05, 3.63) is 87.4 Å². The van der Waals surface area contributed by atoms with Gasteiger partial charge in [0.15, 0.2) is 0 Å². The largest absolute Gasteiger partial charge is 0.478 e. The molecule has 0 atom stereocenters. The van der Waals surface area contributed by atoms with E-state index in [-0.39, 0.29) is 36.5 Å². The molecule has 0 saturated carbocycles. The number of rotatable bonds is 7. The van der Waals surface area contributed by atoms with Crippen molar-refractivity contribution in [1.82, 2.24) is 14.9 Å². The number of hydrogen-bond acceptors (Lipinski definition) is 4. The lowest BCUT2D eigenvalue weighted by atomic mass is 10.1. The van der Waals surface area contributed by atoms with Gasteiger partial charge in [0.25, 0.3) is 5.91 Å². The highest BCUT2D eigenvalue weighted by molar-refractivity contribution is 7.12. The van der Waals surface area contributed by atoms with Crippen LogP contribution in [0.1, 0.15) is 37.0 Å². The van der Waals surface area contributed by atoms with E-state index in [4.69, 9.17) is 0 Å². The molecule has 2 N–H and O–H groups in total. The number of para-hydroxylation sites is 1. The summed E-state index contributed by atoms with van der Waals surface area (Å²) in [5.74, 6) is -0.929. The number of amides is 1. The molecule has 4 aromatic rings. The third kappa shape index (κ3) is 4.90. The average molecular weight is 473 g/mol. The maximum absolute atomic E-state index is 13.2. The van der Waals surface area contributed by atoms with Crippen molar-refractivity contribution in [2.75, 3.05) is 6.54 Å². The predicted octanol–water partition coefficient (Wildman–Crippen LogP) is 4.84. The third-order valence-electron chi connectivity index (χ3n) is 5.06. The van der Waals surface area contributed by atoms with Gasteiger partial charge in [-0.2, -0.15) is 13.2 Å². The molecule has 2 heterocycles. The van der Waals surface area contributed by atoms with Crippen LogP contribution in [-0.4, -0.2) is 33.1 Å². The van der Waals surface area contributed by atoms with Gasteiger partial charge in [-0.05, 0) is 41.3 Å². The number of alkyl halides is 3. The SMILES string of the molecule is O=C(NCCc1nc2c(C(=O)O)cccc2n1Cc1cccc(C(F)(F)F)c1)c1cccs1. The molecular weight excluding hydrogens is 455 g/mol. The zero-order chi connectivity index (χ0) is 23.6. The first-order valence-electron chi connectivity index (χ1n) is 9.93. The van der Waals surface area contributed by atoms with E-state index < -0.39 is 17.7 Å². The van der Waals surface area contributed by atoms with Crippen LogP contribution in [0.5, 0.6) is 0 Å². The smallest absolute Gasteiger partial charge is 0.416 e. The molecule has 170 valence electrons. The summed E-state index contributed by atoms with van der Waals surface area (Å²) >= 11 is 1.30. The Hall–Kier alpha value is -3.66. The number of thiophene rings is 1. The Morgan fingerprint density at radius 2 is 1.88 bits per heavy atom. The maximum atomic E-state index is 13.2. The van der Waals surface area contributed by atoms with Crippen LogP contribution < -0.4 is 5.32 Å². The lowest BCUT2D eigenvalue weighted by Crippen LogP contribution is -2.25. The molecule has 33 heavy (non-hydrogen) atoms. The van der Waals surface area contributed by atoms with Crippen LogP contribution in [0.3, 0.4) is 0 Å². The Kier molecular flexibility index (Phi) is 6.19. The minimum atomic E-state index is -4.47. The molecule has 0 aliphatic heterocycles. The third-order valence-corrected chi connectivity index (χ3v) is 5.93. The molecular formula is C23H18F3N3O3S. The number of carbonyl (C=O) groups is 2. The molecule has 0 unspecified atom stereocenters. The molecule has 0 fully saturated rings. The van der Waals surface area contributed by atoms with Crippen molar-refractivity contribution in [1.29, 1.82) is 0 Å². The Balaban J connectivity index is 1.67. The molecule has 6 nitrogen and oxygen atoms in total. The van der Waals surface area contributed by atoms with Gasteiger partial charge in [0.1, 0.15) is 11.3 Å². The van der Waals surface area contributed by atoms with Crippen molar-refractivity contribution >= 4 is 34.2 Å². The van der Waals surface area contributed by atoms with Crippen molar-refractivity contribution in [2.24, 2.45) is 0 Å². The molecule has 0 bridgehead atoms. The summed E-state index contributed by atoms with van der Waals surface area (Å²) in [5, 5.41) is 14.1. The first-order valence-corrected chi connectivity index (χ1v) is 10.8. The predicted molar refractivity (Wildman–Crippen MR) is 118 cm³/mol. The fourth-order valence-corrected chi connectivity index (χ4v) is 4.19. The van der Waals surface area contributed by atoms with Crippen molar-refractivity contribution in [3.63, 3.8) is 0 Å². The fraction of sp³-hybridized carbons (Fsp3) is 0.174. The normalized spacial score (nSPS) is 11.6. The topological polar surface area (TPSA) is 84.2 Å². The van der Waals surface area contributed by atoms with E-state index in [1.165, 1.54) is 23.5 Å². The molecule has 10 heteroatoms. The number of carbonyl (C=O) groups excluding carboxylic acids is 1. The lowest BCUT2D eigenvalue weighted by molar-refractivity contribution is -0.137. The number of imidazole rings is 1. The van der Waals surface area contributed by atoms with E-state index in [0.29, 0.717) is 21.8 Å². The quantitative estimate of drug-likeness (QED) is 0.403. The van der Waals surface area contributed by atoms with Crippen LogP contribution in [0.4, 0.5) is 13.2 Å². The molecule has 4 rings (SSSR count). The molecule has 0 aliphatic carbocycles. The number of halogens is 3. The van der Waals surface area contributed by atoms with Crippen LogP contribution in [0.25, 0.3) is 11.0 Å². The molecule has 0 saturated heterocycles. The minimum absolute atomic E-state index is 0.000775. The van der Waals surface area contributed by atoms with E-state index in [1.54, 1.807) is 40.3 Å². The lowest BCUT2D eigenvalue weighted by Gasteiger charge is -2.12. The zero-order valence-electron chi connectivity index (χ0n) is 17.1. The van der Waals surface area contributed by atoms with E-state index >= 15 is 0 Å². The number of nitrogens with one attached hydrogen (secondary N) is 1. The van der Waals surface area contributed by atoms with Gasteiger partial charge in [-0.15, -0.1) is 11.3 Å². The molecule has 0 spiro atoms. The second-order valence-corrected chi connectivity index (χ2v) is 8.22. The zero-order valence-corrected chi connectivity index (χ0v) is 17.9. The Morgan fingerprint density at radius 3 is 2.58 bits per heavy atom. The second kappa shape index (κ2) is 9.07. The minimum Gasteiger partial charge on any atom is -0.478 e. The average Bonchev–Trinajstić information content (AvgIpc) is 3.42. The van der Waals surface area contributed by atoms with E-state index in [9.17, 15) is 27.9 Å². The highest BCUT2D eigenvalue weighted by atomic mass is 32.1. The number of fused-ring (bicyclic) bond motifs is 1. The van der Waals surface area contributed by atoms with Gasteiger partial charge in [0.05, 0.1) is 21.5 Å². The van der Waals surface area contributed by atoms with Gasteiger partial charge in [-0.3, -0.25) is 4.79 Å². The number of carboxylic acid groups (broad SMARTS) is 1. The summed E-state index contributed by atoms with van der Waals surface area (Å²) in [5.41, 5.74) is 0.372. The van der Waals surface area contributed by atoms with Gasteiger partial charge in [-0.1, -0.05) is 24.3 Å². The fourth-order valence-electron chi connectivity index (χ4n) is 3.55. The second-order valence-electron chi connectivity index (χ2n) is 7.27. The van der Waals surface area contributed by atoms with Crippen LogP contribution >= 0.6 is 11.3 Å². The van der Waals surface area contributed by atoms with Crippen molar-refractivity contribution in [2.45, 2.75) is 19.1 Å². The maximum Gasteiger partial charge on any atom is 0.416 e. The monoisotopic (exact) mass is 473 g/mol.